The lowest BCUT2D eigenvalue weighted by Gasteiger charge is -2.25. The topological polar surface area (TPSA) is 64.6 Å². The third-order valence-electron chi connectivity index (χ3n) is 3.28. The van der Waals surface area contributed by atoms with Crippen LogP contribution in [0.4, 0.5) is 0 Å². The van der Waals surface area contributed by atoms with Crippen molar-refractivity contribution >= 4 is 10.0 Å². The smallest absolute Gasteiger partial charge is 0.211 e. The molecule has 0 fully saturated rings. The van der Waals surface area contributed by atoms with Crippen LogP contribution in [0.15, 0.2) is 18.2 Å². The molecule has 112 valence electrons. The van der Waals surface area contributed by atoms with Crippen molar-refractivity contribution in [2.75, 3.05) is 19.0 Å². The summed E-state index contributed by atoms with van der Waals surface area (Å²) in [6, 6.07) is 5.31. The van der Waals surface area contributed by atoms with Crippen LogP contribution in [0.25, 0.3) is 0 Å². The van der Waals surface area contributed by atoms with Gasteiger partial charge in [0.25, 0.3) is 0 Å². The Bertz CT molecular complexity index is 569. The Morgan fingerprint density at radius 2 is 1.85 bits per heavy atom. The number of ether oxygens (including phenoxy) is 2. The Morgan fingerprint density at radius 3 is 2.45 bits per heavy atom. The van der Waals surface area contributed by atoms with Crippen LogP contribution < -0.4 is 14.2 Å². The van der Waals surface area contributed by atoms with E-state index in [9.17, 15) is 8.42 Å². The van der Waals surface area contributed by atoms with Gasteiger partial charge < -0.3 is 9.47 Å². The molecule has 0 aliphatic carbocycles. The number of fused-ring (bicyclic) bond motifs is 1. The lowest BCUT2D eigenvalue weighted by atomic mass is 9.97. The Hall–Kier alpha value is -1.27. The van der Waals surface area contributed by atoms with Gasteiger partial charge in [-0.15, -0.1) is 0 Å². The molecule has 0 bridgehead atoms. The predicted octanol–water partition coefficient (Wildman–Crippen LogP) is 2.09. The predicted molar refractivity (Wildman–Crippen MR) is 77.6 cm³/mol. The molecule has 0 radical (unpaired) electrons. The molecule has 6 heteroatoms. The Labute approximate surface area is 120 Å². The lowest BCUT2D eigenvalue weighted by Crippen LogP contribution is -2.33. The van der Waals surface area contributed by atoms with Gasteiger partial charge >= 0.3 is 0 Å². The summed E-state index contributed by atoms with van der Waals surface area (Å²) in [5.74, 6) is 1.59. The molecule has 1 N–H and O–H groups in total. The molecule has 0 unspecified atom stereocenters. The number of hydrogen-bond acceptors (Lipinski definition) is 4. The van der Waals surface area contributed by atoms with Gasteiger partial charge in [-0.05, 0) is 30.5 Å². The highest BCUT2D eigenvalue weighted by molar-refractivity contribution is 7.89. The monoisotopic (exact) mass is 299 g/mol. The van der Waals surface area contributed by atoms with E-state index in [1.807, 2.05) is 32.0 Å². The average Bonchev–Trinajstić information content (AvgIpc) is 2.44. The summed E-state index contributed by atoms with van der Waals surface area (Å²) in [7, 11) is -3.26. The molecule has 5 nitrogen and oxygen atoms in total. The highest BCUT2D eigenvalue weighted by atomic mass is 32.2. The van der Waals surface area contributed by atoms with Gasteiger partial charge in [-0.1, -0.05) is 19.9 Å². The zero-order valence-corrected chi connectivity index (χ0v) is 12.9. The first-order valence-electron chi connectivity index (χ1n) is 6.82. The number of hydrogen-bond donors (Lipinski definition) is 1. The summed E-state index contributed by atoms with van der Waals surface area (Å²) in [4.78, 5) is 0. The van der Waals surface area contributed by atoms with Gasteiger partial charge in [0.1, 0.15) is 13.2 Å². The second-order valence-electron chi connectivity index (χ2n) is 5.15. The van der Waals surface area contributed by atoms with Crippen LogP contribution in [0.3, 0.4) is 0 Å². The van der Waals surface area contributed by atoms with Gasteiger partial charge in [0.15, 0.2) is 11.5 Å². The molecular formula is C14H21NO4S. The Kier molecular flexibility index (Phi) is 4.55. The quantitative estimate of drug-likeness (QED) is 0.904. The van der Waals surface area contributed by atoms with Crippen molar-refractivity contribution < 1.29 is 17.9 Å². The summed E-state index contributed by atoms with van der Waals surface area (Å²) in [6.45, 7) is 6.66. The fraction of sp³-hybridized carbons (Fsp3) is 0.571. The van der Waals surface area contributed by atoms with Crippen LogP contribution in [-0.4, -0.2) is 27.4 Å². The van der Waals surface area contributed by atoms with E-state index in [2.05, 4.69) is 4.72 Å². The first-order chi connectivity index (χ1) is 9.43. The molecule has 0 aromatic heterocycles. The molecule has 2 rings (SSSR count). The highest BCUT2D eigenvalue weighted by Gasteiger charge is 2.23. The summed E-state index contributed by atoms with van der Waals surface area (Å²) in [5.41, 5.74) is 0.890. The van der Waals surface area contributed by atoms with Crippen LogP contribution in [0, 0.1) is 5.92 Å². The average molecular weight is 299 g/mol. The molecule has 1 atom stereocenters. The molecular weight excluding hydrogens is 278 g/mol. The van der Waals surface area contributed by atoms with Crippen molar-refractivity contribution in [2.24, 2.45) is 5.92 Å². The number of sulfonamides is 1. The first-order valence-corrected chi connectivity index (χ1v) is 8.47. The maximum absolute atomic E-state index is 11.8. The molecule has 1 aromatic rings. The van der Waals surface area contributed by atoms with Crippen LogP contribution in [0.2, 0.25) is 0 Å². The maximum atomic E-state index is 11.8. The van der Waals surface area contributed by atoms with Crippen molar-refractivity contribution in [3.63, 3.8) is 0 Å². The Morgan fingerprint density at radius 1 is 1.20 bits per heavy atom. The van der Waals surface area contributed by atoms with E-state index in [0.29, 0.717) is 24.7 Å². The molecule has 1 heterocycles. The van der Waals surface area contributed by atoms with Gasteiger partial charge in [-0.3, -0.25) is 0 Å². The van der Waals surface area contributed by atoms with Crippen molar-refractivity contribution in [1.82, 2.24) is 4.72 Å². The largest absolute Gasteiger partial charge is 0.486 e. The summed E-state index contributed by atoms with van der Waals surface area (Å²) < 4.78 is 37.4. The van der Waals surface area contributed by atoms with Gasteiger partial charge in [-0.25, -0.2) is 13.1 Å². The molecule has 20 heavy (non-hydrogen) atoms. The molecule has 1 aliphatic heterocycles. The third kappa shape index (κ3) is 3.43. The van der Waals surface area contributed by atoms with Crippen molar-refractivity contribution in [2.45, 2.75) is 26.8 Å². The number of rotatable bonds is 5. The second-order valence-corrected chi connectivity index (χ2v) is 7.19. The second kappa shape index (κ2) is 6.01. The SMILES string of the molecule is CCS(=O)(=O)N[C@@H](c1ccc2c(c1)OCCO2)C(C)C. The number of nitrogens with one attached hydrogen (secondary N) is 1. The minimum absolute atomic E-state index is 0.0702. The van der Waals surface area contributed by atoms with Crippen molar-refractivity contribution in [3.05, 3.63) is 23.8 Å². The third-order valence-corrected chi connectivity index (χ3v) is 4.65. The van der Waals surface area contributed by atoms with E-state index in [4.69, 9.17) is 9.47 Å². The molecule has 1 aromatic carbocycles. The van der Waals surface area contributed by atoms with Crippen LogP contribution >= 0.6 is 0 Å². The zero-order valence-electron chi connectivity index (χ0n) is 12.0. The Balaban J connectivity index is 2.30. The van der Waals surface area contributed by atoms with Crippen LogP contribution in [0.1, 0.15) is 32.4 Å². The lowest BCUT2D eigenvalue weighted by molar-refractivity contribution is 0.171. The summed E-state index contributed by atoms with van der Waals surface area (Å²) in [5, 5.41) is 0. The highest BCUT2D eigenvalue weighted by Crippen LogP contribution is 2.34. The minimum Gasteiger partial charge on any atom is -0.486 e. The summed E-state index contributed by atoms with van der Waals surface area (Å²) in [6.07, 6.45) is 0. The van der Waals surface area contributed by atoms with E-state index >= 15 is 0 Å². The normalized spacial score (nSPS) is 16.2. The van der Waals surface area contributed by atoms with Gasteiger partial charge in [0.2, 0.25) is 10.0 Å². The van der Waals surface area contributed by atoms with Gasteiger partial charge in [0.05, 0.1) is 5.75 Å². The van der Waals surface area contributed by atoms with Gasteiger partial charge in [0, 0.05) is 6.04 Å². The number of benzene rings is 1. The fourth-order valence-electron chi connectivity index (χ4n) is 2.12. The van der Waals surface area contributed by atoms with E-state index < -0.39 is 10.0 Å². The van der Waals surface area contributed by atoms with E-state index in [0.717, 1.165) is 5.56 Å². The van der Waals surface area contributed by atoms with Crippen LogP contribution in [0.5, 0.6) is 11.5 Å². The van der Waals surface area contributed by atoms with Crippen LogP contribution in [-0.2, 0) is 10.0 Å². The zero-order chi connectivity index (χ0) is 14.8. The molecule has 0 amide bonds. The molecule has 0 saturated heterocycles. The maximum Gasteiger partial charge on any atom is 0.211 e. The van der Waals surface area contributed by atoms with Crippen molar-refractivity contribution in [3.8, 4) is 11.5 Å². The summed E-state index contributed by atoms with van der Waals surface area (Å²) >= 11 is 0. The van der Waals surface area contributed by atoms with Crippen molar-refractivity contribution in [1.29, 1.82) is 0 Å². The molecule has 0 spiro atoms. The molecule has 0 saturated carbocycles. The van der Waals surface area contributed by atoms with E-state index in [-0.39, 0.29) is 17.7 Å². The van der Waals surface area contributed by atoms with E-state index in [1.54, 1.807) is 6.92 Å². The minimum atomic E-state index is -3.26. The van der Waals surface area contributed by atoms with Gasteiger partial charge in [-0.2, -0.15) is 0 Å². The first kappa shape index (κ1) is 15.1. The van der Waals surface area contributed by atoms with E-state index in [1.165, 1.54) is 0 Å². The fourth-order valence-corrected chi connectivity index (χ4v) is 3.08. The molecule has 1 aliphatic rings. The standard InChI is InChI=1S/C14H21NO4S/c1-4-20(16,17)15-14(10(2)3)11-5-6-12-13(9-11)19-8-7-18-12/h5-6,9-10,14-15H,4,7-8H2,1-3H3/t14-/m1/s1.